The van der Waals surface area contributed by atoms with Gasteiger partial charge in [-0.1, -0.05) is 6.07 Å². The average molecular weight is 246 g/mol. The largest absolute Gasteiger partial charge is 0.364 e. The van der Waals surface area contributed by atoms with Crippen molar-refractivity contribution in [1.82, 2.24) is 9.88 Å². The molecule has 1 saturated heterocycles. The van der Waals surface area contributed by atoms with Crippen LogP contribution < -0.4 is 0 Å². The van der Waals surface area contributed by atoms with Crippen LogP contribution in [-0.2, 0) is 16.9 Å². The zero-order valence-corrected chi connectivity index (χ0v) is 11.6. The third-order valence-electron chi connectivity index (χ3n) is 4.39. The first-order valence-electron chi connectivity index (χ1n) is 6.85. The van der Waals surface area contributed by atoms with Crippen molar-refractivity contribution in [3.63, 3.8) is 0 Å². The summed E-state index contributed by atoms with van der Waals surface area (Å²) in [7, 11) is 0. The predicted molar refractivity (Wildman–Crippen MR) is 71.3 cm³/mol. The number of pyridine rings is 1. The average Bonchev–Trinajstić information content (AvgIpc) is 2.69. The fourth-order valence-electron chi connectivity index (χ4n) is 3.20. The summed E-state index contributed by atoms with van der Waals surface area (Å²) in [6, 6.07) is 4.23. The molecule has 3 heterocycles. The molecule has 0 aliphatic carbocycles. The summed E-state index contributed by atoms with van der Waals surface area (Å²) in [6.07, 6.45) is 4.04. The van der Waals surface area contributed by atoms with Crippen molar-refractivity contribution in [1.29, 1.82) is 0 Å². The number of piperidine rings is 1. The van der Waals surface area contributed by atoms with Crippen LogP contribution in [0.3, 0.4) is 0 Å². The van der Waals surface area contributed by atoms with Crippen LogP contribution in [-0.4, -0.2) is 28.5 Å². The highest BCUT2D eigenvalue weighted by molar-refractivity contribution is 5.30. The molecule has 1 spiro atoms. The number of fused-ring (bicyclic) bond motifs is 2. The van der Waals surface area contributed by atoms with Crippen LogP contribution in [0.15, 0.2) is 18.3 Å². The van der Waals surface area contributed by atoms with E-state index in [4.69, 9.17) is 4.74 Å². The lowest BCUT2D eigenvalue weighted by molar-refractivity contribution is -0.0905. The zero-order chi connectivity index (χ0) is 12.8. The molecule has 0 saturated carbocycles. The SMILES string of the molecule is CC(C)(C)N1CCC2(CC1)OCc1ncccc12. The maximum atomic E-state index is 6.12. The molecule has 0 unspecified atom stereocenters. The summed E-state index contributed by atoms with van der Waals surface area (Å²) in [5.74, 6) is 0. The van der Waals surface area contributed by atoms with Gasteiger partial charge in [0.2, 0.25) is 0 Å². The highest BCUT2D eigenvalue weighted by Crippen LogP contribution is 2.44. The number of rotatable bonds is 0. The number of hydrogen-bond donors (Lipinski definition) is 0. The minimum atomic E-state index is -0.0503. The molecule has 1 fully saturated rings. The van der Waals surface area contributed by atoms with Gasteiger partial charge in [0.25, 0.3) is 0 Å². The van der Waals surface area contributed by atoms with E-state index in [0.717, 1.165) is 31.6 Å². The number of ether oxygens (including phenoxy) is 1. The molecule has 3 nitrogen and oxygen atoms in total. The standard InChI is InChI=1S/C15H22N2O/c1-14(2,3)17-9-6-15(7-10-17)12-5-4-8-16-13(12)11-18-15/h4-5,8H,6-7,9-11H2,1-3H3. The van der Waals surface area contributed by atoms with E-state index in [1.807, 2.05) is 12.3 Å². The fourth-order valence-corrected chi connectivity index (χ4v) is 3.20. The Kier molecular flexibility index (Phi) is 2.72. The third kappa shape index (κ3) is 1.86. The van der Waals surface area contributed by atoms with Crippen molar-refractivity contribution >= 4 is 0 Å². The van der Waals surface area contributed by atoms with Crippen LogP contribution in [0, 0.1) is 0 Å². The summed E-state index contributed by atoms with van der Waals surface area (Å²) in [4.78, 5) is 6.99. The first kappa shape index (κ1) is 12.1. The lowest BCUT2D eigenvalue weighted by atomic mass is 9.83. The molecule has 0 N–H and O–H groups in total. The summed E-state index contributed by atoms with van der Waals surface area (Å²) >= 11 is 0. The Balaban J connectivity index is 1.81. The lowest BCUT2D eigenvalue weighted by Crippen LogP contribution is -2.50. The molecular formula is C15H22N2O. The molecule has 3 rings (SSSR count). The molecule has 2 aliphatic heterocycles. The van der Waals surface area contributed by atoms with Crippen LogP contribution in [0.25, 0.3) is 0 Å². The van der Waals surface area contributed by atoms with Crippen molar-refractivity contribution in [2.45, 2.75) is 51.4 Å². The second-order valence-electron chi connectivity index (χ2n) is 6.44. The van der Waals surface area contributed by atoms with Gasteiger partial charge in [-0.15, -0.1) is 0 Å². The minimum absolute atomic E-state index is 0.0503. The van der Waals surface area contributed by atoms with E-state index in [-0.39, 0.29) is 11.1 Å². The minimum Gasteiger partial charge on any atom is -0.364 e. The van der Waals surface area contributed by atoms with Crippen molar-refractivity contribution in [3.05, 3.63) is 29.6 Å². The zero-order valence-electron chi connectivity index (χ0n) is 11.6. The van der Waals surface area contributed by atoms with Gasteiger partial charge in [0.1, 0.15) is 0 Å². The van der Waals surface area contributed by atoms with Gasteiger partial charge in [-0.25, -0.2) is 0 Å². The van der Waals surface area contributed by atoms with E-state index in [9.17, 15) is 0 Å². The van der Waals surface area contributed by atoms with Gasteiger partial charge in [0.05, 0.1) is 17.9 Å². The molecule has 0 atom stereocenters. The van der Waals surface area contributed by atoms with Crippen molar-refractivity contribution in [3.8, 4) is 0 Å². The maximum absolute atomic E-state index is 6.12. The number of likely N-dealkylation sites (tertiary alicyclic amines) is 1. The van der Waals surface area contributed by atoms with E-state index < -0.39 is 0 Å². The van der Waals surface area contributed by atoms with E-state index in [2.05, 4.69) is 36.7 Å². The van der Waals surface area contributed by atoms with E-state index in [1.165, 1.54) is 5.56 Å². The van der Waals surface area contributed by atoms with Gasteiger partial charge in [-0.05, 0) is 39.7 Å². The molecule has 0 aromatic carbocycles. The summed E-state index contributed by atoms with van der Waals surface area (Å²) in [5, 5.41) is 0. The summed E-state index contributed by atoms with van der Waals surface area (Å²) in [5.41, 5.74) is 2.68. The monoisotopic (exact) mass is 246 g/mol. The first-order valence-corrected chi connectivity index (χ1v) is 6.85. The number of aromatic nitrogens is 1. The smallest absolute Gasteiger partial charge is 0.0979 e. The van der Waals surface area contributed by atoms with Gasteiger partial charge in [-0.3, -0.25) is 9.88 Å². The van der Waals surface area contributed by atoms with Gasteiger partial charge >= 0.3 is 0 Å². The van der Waals surface area contributed by atoms with Crippen LogP contribution in [0.4, 0.5) is 0 Å². The van der Waals surface area contributed by atoms with Gasteiger partial charge in [0.15, 0.2) is 0 Å². The normalized spacial score (nSPS) is 23.3. The quantitative estimate of drug-likeness (QED) is 0.704. The highest BCUT2D eigenvalue weighted by Gasteiger charge is 2.44. The van der Waals surface area contributed by atoms with Gasteiger partial charge < -0.3 is 4.74 Å². The number of nitrogens with zero attached hydrogens (tertiary/aromatic N) is 2. The van der Waals surface area contributed by atoms with Crippen LogP contribution in [0.2, 0.25) is 0 Å². The Morgan fingerprint density at radius 3 is 2.67 bits per heavy atom. The third-order valence-corrected chi connectivity index (χ3v) is 4.39. The first-order chi connectivity index (χ1) is 8.51. The van der Waals surface area contributed by atoms with Crippen molar-refractivity contribution < 1.29 is 4.74 Å². The fraction of sp³-hybridized carbons (Fsp3) is 0.667. The second kappa shape index (κ2) is 4.04. The summed E-state index contributed by atoms with van der Waals surface area (Å²) in [6.45, 7) is 9.77. The molecule has 0 amide bonds. The Labute approximate surface area is 109 Å². The van der Waals surface area contributed by atoms with Crippen LogP contribution in [0.1, 0.15) is 44.9 Å². The van der Waals surface area contributed by atoms with Crippen LogP contribution >= 0.6 is 0 Å². The van der Waals surface area contributed by atoms with Crippen LogP contribution in [0.5, 0.6) is 0 Å². The predicted octanol–water partition coefficient (Wildman–Crippen LogP) is 2.70. The molecule has 1 aromatic rings. The second-order valence-corrected chi connectivity index (χ2v) is 6.44. The molecule has 1 aromatic heterocycles. The lowest BCUT2D eigenvalue weighted by Gasteiger charge is -2.44. The molecular weight excluding hydrogens is 224 g/mol. The van der Waals surface area contributed by atoms with E-state index in [1.54, 1.807) is 0 Å². The number of hydrogen-bond acceptors (Lipinski definition) is 3. The Bertz CT molecular complexity index is 442. The highest BCUT2D eigenvalue weighted by atomic mass is 16.5. The Hall–Kier alpha value is -0.930. The molecule has 18 heavy (non-hydrogen) atoms. The molecule has 98 valence electrons. The molecule has 0 bridgehead atoms. The Morgan fingerprint density at radius 1 is 1.28 bits per heavy atom. The topological polar surface area (TPSA) is 25.4 Å². The van der Waals surface area contributed by atoms with Crippen molar-refractivity contribution in [2.75, 3.05) is 13.1 Å². The van der Waals surface area contributed by atoms with Crippen molar-refractivity contribution in [2.24, 2.45) is 0 Å². The molecule has 0 radical (unpaired) electrons. The molecule has 3 heteroatoms. The van der Waals surface area contributed by atoms with E-state index in [0.29, 0.717) is 6.61 Å². The molecule has 2 aliphatic rings. The summed E-state index contributed by atoms with van der Waals surface area (Å²) < 4.78 is 6.12. The van der Waals surface area contributed by atoms with E-state index >= 15 is 0 Å². The maximum Gasteiger partial charge on any atom is 0.0979 e. The van der Waals surface area contributed by atoms with Gasteiger partial charge in [-0.2, -0.15) is 0 Å². The van der Waals surface area contributed by atoms with Gasteiger partial charge in [0, 0.05) is 30.4 Å². The Morgan fingerprint density at radius 2 is 2.00 bits per heavy atom.